The van der Waals surface area contributed by atoms with Crippen LogP contribution in [0.4, 0.5) is 0 Å². The van der Waals surface area contributed by atoms with Gasteiger partial charge in [-0.1, -0.05) is 30.3 Å². The third-order valence-electron chi connectivity index (χ3n) is 5.10. The van der Waals surface area contributed by atoms with Gasteiger partial charge in [0, 0.05) is 12.4 Å². The van der Waals surface area contributed by atoms with Crippen LogP contribution in [-0.2, 0) is 12.6 Å². The Morgan fingerprint density at radius 3 is 2.56 bits per heavy atom. The molecule has 1 N–H and O–H groups in total. The van der Waals surface area contributed by atoms with Crippen LogP contribution in [0.15, 0.2) is 48.5 Å². The molecule has 0 radical (unpaired) electrons. The van der Waals surface area contributed by atoms with Crippen LogP contribution in [-0.4, -0.2) is 15.7 Å². The van der Waals surface area contributed by atoms with Crippen LogP contribution in [0, 0.1) is 11.3 Å². The van der Waals surface area contributed by atoms with E-state index in [-0.39, 0.29) is 11.4 Å². The van der Waals surface area contributed by atoms with E-state index in [9.17, 15) is 4.79 Å². The molecule has 0 aliphatic heterocycles. The zero-order chi connectivity index (χ0) is 17.4. The average Bonchev–Trinajstić information content (AvgIpc) is 2.96. The van der Waals surface area contributed by atoms with Crippen molar-refractivity contribution in [3.8, 4) is 6.07 Å². The van der Waals surface area contributed by atoms with Gasteiger partial charge in [0.25, 0.3) is 5.91 Å². The largest absolute Gasteiger partial charge is 0.341 e. The lowest BCUT2D eigenvalue weighted by Gasteiger charge is -2.43. The van der Waals surface area contributed by atoms with Crippen molar-refractivity contribution in [2.75, 3.05) is 0 Å². The van der Waals surface area contributed by atoms with Crippen molar-refractivity contribution in [2.45, 2.75) is 24.8 Å². The van der Waals surface area contributed by atoms with Crippen molar-refractivity contribution in [2.24, 2.45) is 7.05 Å². The van der Waals surface area contributed by atoms with Gasteiger partial charge < -0.3 is 5.32 Å². The summed E-state index contributed by atoms with van der Waals surface area (Å²) in [6.45, 7) is 0. The zero-order valence-corrected chi connectivity index (χ0v) is 14.0. The number of fused-ring (bicyclic) bond motifs is 1. The highest BCUT2D eigenvalue weighted by molar-refractivity contribution is 6.05. The van der Waals surface area contributed by atoms with E-state index >= 15 is 0 Å². The van der Waals surface area contributed by atoms with E-state index in [4.69, 9.17) is 5.26 Å². The summed E-state index contributed by atoms with van der Waals surface area (Å²) in [6.07, 6.45) is 2.87. The zero-order valence-electron chi connectivity index (χ0n) is 14.0. The molecule has 0 bridgehead atoms. The lowest BCUT2D eigenvalue weighted by atomic mass is 9.71. The van der Waals surface area contributed by atoms with Crippen molar-refractivity contribution in [1.29, 1.82) is 5.26 Å². The molecular weight excluding hydrogens is 312 g/mol. The van der Waals surface area contributed by atoms with Gasteiger partial charge in [-0.25, -0.2) is 0 Å². The number of benzene rings is 2. The first-order chi connectivity index (χ1) is 12.1. The predicted molar refractivity (Wildman–Crippen MR) is 94.9 cm³/mol. The number of rotatable bonds is 3. The third kappa shape index (κ3) is 2.47. The first-order valence-electron chi connectivity index (χ1n) is 8.38. The van der Waals surface area contributed by atoms with Gasteiger partial charge in [0.1, 0.15) is 0 Å². The van der Waals surface area contributed by atoms with Gasteiger partial charge in [-0.15, -0.1) is 0 Å². The first kappa shape index (κ1) is 15.4. The van der Waals surface area contributed by atoms with E-state index in [1.807, 2.05) is 43.4 Å². The second-order valence-electron chi connectivity index (χ2n) is 6.57. The minimum absolute atomic E-state index is 0.152. The summed E-state index contributed by atoms with van der Waals surface area (Å²) in [6, 6.07) is 17.4. The molecule has 3 aromatic rings. The number of aromatic nitrogens is 2. The molecule has 1 aliphatic rings. The minimum atomic E-state index is -0.357. The number of carbonyl (C=O) groups is 1. The molecule has 4 rings (SSSR count). The first-order valence-corrected chi connectivity index (χ1v) is 8.38. The van der Waals surface area contributed by atoms with E-state index < -0.39 is 0 Å². The summed E-state index contributed by atoms with van der Waals surface area (Å²) in [4.78, 5) is 12.9. The maximum Gasteiger partial charge on any atom is 0.273 e. The number of nitriles is 1. The van der Waals surface area contributed by atoms with Gasteiger partial charge in [-0.05, 0) is 43.0 Å². The van der Waals surface area contributed by atoms with E-state index in [2.05, 4.69) is 16.5 Å². The standard InChI is InChI=1S/C20H18N4O/c1-24-17-6-3-2-5-16(17)18(23-24)19(25)22-20(11-4-12-20)15-9-7-14(13-21)8-10-15/h2-3,5-10H,4,11-12H2,1H3,(H,22,25). The molecule has 2 aromatic carbocycles. The Bertz CT molecular complexity index is 991. The Kier molecular flexibility index (Phi) is 3.54. The smallest absolute Gasteiger partial charge is 0.273 e. The number of para-hydroxylation sites is 1. The topological polar surface area (TPSA) is 70.7 Å². The van der Waals surface area contributed by atoms with E-state index in [0.29, 0.717) is 11.3 Å². The maximum absolute atomic E-state index is 12.9. The van der Waals surface area contributed by atoms with Gasteiger partial charge >= 0.3 is 0 Å². The molecular formula is C20H18N4O. The Labute approximate surface area is 145 Å². The summed E-state index contributed by atoms with van der Waals surface area (Å²) >= 11 is 0. The Hall–Kier alpha value is -3.13. The molecule has 0 spiro atoms. The summed E-state index contributed by atoms with van der Waals surface area (Å²) in [5.74, 6) is -0.152. The number of nitrogens with one attached hydrogen (secondary N) is 1. The monoisotopic (exact) mass is 330 g/mol. The van der Waals surface area contributed by atoms with Crippen LogP contribution in [0.5, 0.6) is 0 Å². The van der Waals surface area contributed by atoms with Crippen molar-refractivity contribution in [3.05, 3.63) is 65.4 Å². The molecule has 1 fully saturated rings. The molecule has 5 nitrogen and oxygen atoms in total. The fourth-order valence-corrected chi connectivity index (χ4v) is 3.54. The highest BCUT2D eigenvalue weighted by Crippen LogP contribution is 2.41. The van der Waals surface area contributed by atoms with Crippen molar-refractivity contribution >= 4 is 16.8 Å². The molecule has 1 aliphatic carbocycles. The van der Waals surface area contributed by atoms with Crippen LogP contribution in [0.25, 0.3) is 10.9 Å². The van der Waals surface area contributed by atoms with Crippen molar-refractivity contribution in [1.82, 2.24) is 15.1 Å². The summed E-state index contributed by atoms with van der Waals surface area (Å²) < 4.78 is 1.74. The summed E-state index contributed by atoms with van der Waals surface area (Å²) in [7, 11) is 1.85. The molecule has 0 atom stereocenters. The third-order valence-corrected chi connectivity index (χ3v) is 5.10. The maximum atomic E-state index is 12.9. The summed E-state index contributed by atoms with van der Waals surface area (Å²) in [5.41, 5.74) is 2.71. The van der Waals surface area contributed by atoms with Gasteiger partial charge in [-0.2, -0.15) is 10.4 Å². The van der Waals surface area contributed by atoms with Crippen LogP contribution >= 0.6 is 0 Å². The molecule has 1 saturated carbocycles. The molecule has 25 heavy (non-hydrogen) atoms. The van der Waals surface area contributed by atoms with Gasteiger partial charge in [0.05, 0.1) is 22.7 Å². The number of hydrogen-bond acceptors (Lipinski definition) is 3. The molecule has 124 valence electrons. The van der Waals surface area contributed by atoms with E-state index in [1.165, 1.54) is 0 Å². The van der Waals surface area contributed by atoms with Gasteiger partial charge in [0.2, 0.25) is 0 Å². The van der Waals surface area contributed by atoms with E-state index in [1.54, 1.807) is 16.8 Å². The minimum Gasteiger partial charge on any atom is -0.341 e. The molecule has 1 amide bonds. The lowest BCUT2D eigenvalue weighted by Crippen LogP contribution is -2.50. The van der Waals surface area contributed by atoms with Gasteiger partial charge in [-0.3, -0.25) is 9.48 Å². The number of hydrogen-bond donors (Lipinski definition) is 1. The fourth-order valence-electron chi connectivity index (χ4n) is 3.54. The fraction of sp³-hybridized carbons (Fsp3) is 0.250. The van der Waals surface area contributed by atoms with Crippen LogP contribution in [0.2, 0.25) is 0 Å². The summed E-state index contributed by atoms with van der Waals surface area (Å²) in [5, 5.41) is 17.4. The van der Waals surface area contributed by atoms with E-state index in [0.717, 1.165) is 35.7 Å². The molecule has 1 heterocycles. The quantitative estimate of drug-likeness (QED) is 0.801. The van der Waals surface area contributed by atoms with Gasteiger partial charge in [0.15, 0.2) is 5.69 Å². The highest BCUT2D eigenvalue weighted by Gasteiger charge is 2.40. The average molecular weight is 330 g/mol. The predicted octanol–water partition coefficient (Wildman–Crippen LogP) is 3.25. The SMILES string of the molecule is Cn1nc(C(=O)NC2(c3ccc(C#N)cc3)CCC2)c2ccccc21. The highest BCUT2D eigenvalue weighted by atomic mass is 16.2. The lowest BCUT2D eigenvalue weighted by molar-refractivity contribution is 0.0819. The number of aryl methyl sites for hydroxylation is 1. The Balaban J connectivity index is 1.67. The Morgan fingerprint density at radius 1 is 1.20 bits per heavy atom. The van der Waals surface area contributed by atoms with Crippen molar-refractivity contribution in [3.63, 3.8) is 0 Å². The molecule has 5 heteroatoms. The normalized spacial score (nSPS) is 15.4. The number of nitrogens with zero attached hydrogens (tertiary/aromatic N) is 3. The van der Waals surface area contributed by atoms with Crippen molar-refractivity contribution < 1.29 is 4.79 Å². The second-order valence-corrected chi connectivity index (χ2v) is 6.57. The molecule has 0 unspecified atom stereocenters. The Morgan fingerprint density at radius 2 is 1.92 bits per heavy atom. The van der Waals surface area contributed by atoms with Crippen LogP contribution in [0.1, 0.15) is 40.9 Å². The number of amides is 1. The van der Waals surface area contributed by atoms with Crippen LogP contribution < -0.4 is 5.32 Å². The van der Waals surface area contributed by atoms with Crippen LogP contribution in [0.3, 0.4) is 0 Å². The second kappa shape index (κ2) is 5.75. The number of carbonyl (C=O) groups excluding carboxylic acids is 1. The molecule has 0 saturated heterocycles. The molecule has 1 aromatic heterocycles.